The number of nitrogens with one attached hydrogen (secondary N) is 2. The molecular formula is C15H17N3O2. The van der Waals surface area contributed by atoms with Crippen LogP contribution in [0.2, 0.25) is 0 Å². The highest BCUT2D eigenvalue weighted by Gasteiger charge is 2.05. The van der Waals surface area contributed by atoms with Crippen molar-refractivity contribution in [2.45, 2.75) is 6.92 Å². The summed E-state index contributed by atoms with van der Waals surface area (Å²) in [5.74, 6) is 0.735. The number of nitrogen functional groups attached to an aromatic ring is 1. The van der Waals surface area contributed by atoms with Crippen LogP contribution < -0.4 is 21.1 Å². The molecule has 0 heterocycles. The summed E-state index contributed by atoms with van der Waals surface area (Å²) in [6.07, 6.45) is 0. The number of anilines is 3. The number of aryl methyl sites for hydroxylation is 1. The van der Waals surface area contributed by atoms with Crippen LogP contribution >= 0.6 is 0 Å². The Kier molecular flexibility index (Phi) is 4.10. The fourth-order valence-corrected chi connectivity index (χ4v) is 1.74. The maximum absolute atomic E-state index is 11.9. The van der Waals surface area contributed by atoms with E-state index in [1.165, 1.54) is 0 Å². The number of methoxy groups -OCH3 is 1. The highest BCUT2D eigenvalue weighted by atomic mass is 16.5. The van der Waals surface area contributed by atoms with Gasteiger partial charge in [0.1, 0.15) is 5.75 Å². The van der Waals surface area contributed by atoms with E-state index in [2.05, 4.69) is 10.6 Å². The van der Waals surface area contributed by atoms with Crippen LogP contribution in [0.1, 0.15) is 5.56 Å². The van der Waals surface area contributed by atoms with Gasteiger partial charge in [-0.15, -0.1) is 0 Å². The summed E-state index contributed by atoms with van der Waals surface area (Å²) in [4.78, 5) is 11.9. The smallest absolute Gasteiger partial charge is 0.323 e. The SMILES string of the molecule is COc1ccc(NC(=O)Nc2cc(C)ccc2N)cc1. The average molecular weight is 271 g/mol. The monoisotopic (exact) mass is 271 g/mol. The predicted molar refractivity (Wildman–Crippen MR) is 81.2 cm³/mol. The van der Waals surface area contributed by atoms with Gasteiger partial charge in [-0.1, -0.05) is 6.07 Å². The first kappa shape index (κ1) is 13.7. The molecule has 20 heavy (non-hydrogen) atoms. The van der Waals surface area contributed by atoms with E-state index in [1.807, 2.05) is 19.1 Å². The maximum Gasteiger partial charge on any atom is 0.323 e. The van der Waals surface area contributed by atoms with E-state index in [0.29, 0.717) is 17.1 Å². The molecule has 0 fully saturated rings. The molecule has 0 saturated carbocycles. The van der Waals surface area contributed by atoms with Crippen molar-refractivity contribution in [3.8, 4) is 5.75 Å². The van der Waals surface area contributed by atoms with Crippen molar-refractivity contribution in [2.75, 3.05) is 23.5 Å². The lowest BCUT2D eigenvalue weighted by Gasteiger charge is -2.10. The van der Waals surface area contributed by atoms with Crippen LogP contribution in [0.3, 0.4) is 0 Å². The van der Waals surface area contributed by atoms with Crippen molar-refractivity contribution >= 4 is 23.1 Å². The van der Waals surface area contributed by atoms with Crippen LogP contribution in [-0.4, -0.2) is 13.1 Å². The van der Waals surface area contributed by atoms with E-state index in [0.717, 1.165) is 11.3 Å². The normalized spacial score (nSPS) is 9.90. The van der Waals surface area contributed by atoms with Crippen molar-refractivity contribution in [1.82, 2.24) is 0 Å². The van der Waals surface area contributed by atoms with Crippen molar-refractivity contribution < 1.29 is 9.53 Å². The molecule has 104 valence electrons. The maximum atomic E-state index is 11.9. The molecule has 0 spiro atoms. The number of amides is 2. The van der Waals surface area contributed by atoms with Gasteiger partial charge in [0, 0.05) is 5.69 Å². The molecule has 2 aromatic carbocycles. The first-order valence-corrected chi connectivity index (χ1v) is 6.16. The second kappa shape index (κ2) is 5.97. The van der Waals surface area contributed by atoms with E-state index in [1.54, 1.807) is 37.4 Å². The van der Waals surface area contributed by atoms with Crippen LogP contribution in [0, 0.1) is 6.92 Å². The summed E-state index contributed by atoms with van der Waals surface area (Å²) >= 11 is 0. The second-order valence-corrected chi connectivity index (χ2v) is 4.40. The van der Waals surface area contributed by atoms with Crippen molar-refractivity contribution in [3.05, 3.63) is 48.0 Å². The van der Waals surface area contributed by atoms with E-state index < -0.39 is 0 Å². The number of hydrogen-bond acceptors (Lipinski definition) is 3. The Balaban J connectivity index is 2.03. The predicted octanol–water partition coefficient (Wildman–Crippen LogP) is 3.23. The Hall–Kier alpha value is -2.69. The number of urea groups is 1. The number of carbonyl (C=O) groups is 1. The topological polar surface area (TPSA) is 76.4 Å². The molecule has 0 unspecified atom stereocenters. The van der Waals surface area contributed by atoms with Crippen LogP contribution in [-0.2, 0) is 0 Å². The zero-order valence-corrected chi connectivity index (χ0v) is 11.4. The van der Waals surface area contributed by atoms with Crippen LogP contribution in [0.25, 0.3) is 0 Å². The highest BCUT2D eigenvalue weighted by molar-refractivity contribution is 6.01. The van der Waals surface area contributed by atoms with Crippen molar-refractivity contribution in [1.29, 1.82) is 0 Å². The van der Waals surface area contributed by atoms with E-state index in [4.69, 9.17) is 10.5 Å². The molecule has 2 aromatic rings. The number of rotatable bonds is 3. The minimum atomic E-state index is -0.340. The molecule has 2 rings (SSSR count). The summed E-state index contributed by atoms with van der Waals surface area (Å²) in [5.41, 5.74) is 8.63. The Morgan fingerprint density at radius 1 is 1.10 bits per heavy atom. The van der Waals surface area contributed by atoms with Crippen LogP contribution in [0.15, 0.2) is 42.5 Å². The molecule has 0 saturated heterocycles. The minimum Gasteiger partial charge on any atom is -0.497 e. The largest absolute Gasteiger partial charge is 0.497 e. The number of hydrogen-bond donors (Lipinski definition) is 3. The average Bonchev–Trinajstić information content (AvgIpc) is 2.43. The Bertz CT molecular complexity index is 609. The zero-order valence-electron chi connectivity index (χ0n) is 11.4. The van der Waals surface area contributed by atoms with Gasteiger partial charge in [-0.2, -0.15) is 0 Å². The van der Waals surface area contributed by atoms with E-state index >= 15 is 0 Å². The van der Waals surface area contributed by atoms with E-state index in [-0.39, 0.29) is 6.03 Å². The quantitative estimate of drug-likeness (QED) is 0.750. The first-order chi connectivity index (χ1) is 9.58. The zero-order chi connectivity index (χ0) is 14.5. The summed E-state index contributed by atoms with van der Waals surface area (Å²) in [7, 11) is 1.59. The molecule has 0 atom stereocenters. The summed E-state index contributed by atoms with van der Waals surface area (Å²) in [6.45, 7) is 1.94. The molecule has 4 N–H and O–H groups in total. The van der Waals surface area contributed by atoms with Crippen LogP contribution in [0.4, 0.5) is 21.9 Å². The second-order valence-electron chi connectivity index (χ2n) is 4.40. The number of benzene rings is 2. The third-order valence-electron chi connectivity index (χ3n) is 2.80. The third kappa shape index (κ3) is 3.41. The molecule has 0 radical (unpaired) electrons. The van der Waals surface area contributed by atoms with Crippen molar-refractivity contribution in [2.24, 2.45) is 0 Å². The summed E-state index contributed by atoms with van der Waals surface area (Å²) < 4.78 is 5.05. The molecule has 5 nitrogen and oxygen atoms in total. The third-order valence-corrected chi connectivity index (χ3v) is 2.80. The fraction of sp³-hybridized carbons (Fsp3) is 0.133. The lowest BCUT2D eigenvalue weighted by atomic mass is 10.2. The van der Waals surface area contributed by atoms with Gasteiger partial charge in [0.15, 0.2) is 0 Å². The van der Waals surface area contributed by atoms with Gasteiger partial charge >= 0.3 is 6.03 Å². The lowest BCUT2D eigenvalue weighted by molar-refractivity contribution is 0.262. The van der Waals surface area contributed by atoms with Gasteiger partial charge in [0.2, 0.25) is 0 Å². The number of carbonyl (C=O) groups excluding carboxylic acids is 1. The first-order valence-electron chi connectivity index (χ1n) is 6.16. The molecule has 0 aromatic heterocycles. The standard InChI is InChI=1S/C15H17N3O2/c1-10-3-8-13(16)14(9-10)18-15(19)17-11-4-6-12(20-2)7-5-11/h3-9H,16H2,1-2H3,(H2,17,18,19). The summed E-state index contributed by atoms with van der Waals surface area (Å²) in [6, 6.07) is 12.2. The molecule has 0 bridgehead atoms. The molecule has 5 heteroatoms. The van der Waals surface area contributed by atoms with Gasteiger partial charge in [0.25, 0.3) is 0 Å². The Morgan fingerprint density at radius 3 is 2.45 bits per heavy atom. The molecule has 0 aliphatic carbocycles. The molecule has 2 amide bonds. The highest BCUT2D eigenvalue weighted by Crippen LogP contribution is 2.20. The lowest BCUT2D eigenvalue weighted by Crippen LogP contribution is -2.20. The van der Waals surface area contributed by atoms with Gasteiger partial charge in [-0.3, -0.25) is 0 Å². The van der Waals surface area contributed by atoms with Gasteiger partial charge in [0.05, 0.1) is 18.5 Å². The molecule has 0 aliphatic heterocycles. The Labute approximate surface area is 117 Å². The number of ether oxygens (including phenoxy) is 1. The van der Waals surface area contributed by atoms with Gasteiger partial charge in [-0.25, -0.2) is 4.79 Å². The van der Waals surface area contributed by atoms with Crippen LogP contribution in [0.5, 0.6) is 5.75 Å². The summed E-state index contributed by atoms with van der Waals surface area (Å²) in [5, 5.41) is 5.45. The van der Waals surface area contributed by atoms with E-state index in [9.17, 15) is 4.79 Å². The minimum absolute atomic E-state index is 0.340. The van der Waals surface area contributed by atoms with Gasteiger partial charge < -0.3 is 21.1 Å². The fourth-order valence-electron chi connectivity index (χ4n) is 1.74. The molecular weight excluding hydrogens is 254 g/mol. The van der Waals surface area contributed by atoms with Gasteiger partial charge in [-0.05, 0) is 48.9 Å². The molecule has 0 aliphatic rings. The Morgan fingerprint density at radius 2 is 1.80 bits per heavy atom. The number of nitrogens with two attached hydrogens (primary N) is 1. The van der Waals surface area contributed by atoms with Crippen molar-refractivity contribution in [3.63, 3.8) is 0 Å².